The second kappa shape index (κ2) is 7.99. The summed E-state index contributed by atoms with van der Waals surface area (Å²) >= 11 is 0. The molecule has 1 fully saturated rings. The van der Waals surface area contributed by atoms with Crippen molar-refractivity contribution in [2.45, 2.75) is 58.4 Å². The van der Waals surface area contributed by atoms with Crippen LogP contribution in [0.25, 0.3) is 0 Å². The molecule has 1 rings (SSSR count). The third-order valence-corrected chi connectivity index (χ3v) is 4.68. The SMILES string of the molecule is CCN(CC1(C(=O)O)CCCCCC1)C(C)CN(C)C. The van der Waals surface area contributed by atoms with Gasteiger partial charge in [-0.15, -0.1) is 0 Å². The fourth-order valence-corrected chi connectivity index (χ4v) is 3.46. The quantitative estimate of drug-likeness (QED) is 0.730. The summed E-state index contributed by atoms with van der Waals surface area (Å²) in [4.78, 5) is 16.4. The largest absolute Gasteiger partial charge is 0.481 e. The molecule has 118 valence electrons. The number of carboxylic acids is 1. The van der Waals surface area contributed by atoms with E-state index in [1.165, 1.54) is 12.8 Å². The van der Waals surface area contributed by atoms with Crippen LogP contribution in [-0.4, -0.2) is 60.6 Å². The Balaban J connectivity index is 2.78. The summed E-state index contributed by atoms with van der Waals surface area (Å²) in [6.45, 7) is 6.94. The summed E-state index contributed by atoms with van der Waals surface area (Å²) in [5, 5.41) is 9.78. The van der Waals surface area contributed by atoms with Gasteiger partial charge in [0.15, 0.2) is 0 Å². The van der Waals surface area contributed by atoms with E-state index in [2.05, 4.69) is 37.7 Å². The number of hydrogen-bond donors (Lipinski definition) is 1. The van der Waals surface area contributed by atoms with Crippen molar-refractivity contribution in [3.63, 3.8) is 0 Å². The molecule has 4 heteroatoms. The maximum absolute atomic E-state index is 11.9. The topological polar surface area (TPSA) is 43.8 Å². The Morgan fingerprint density at radius 3 is 2.15 bits per heavy atom. The van der Waals surface area contributed by atoms with Gasteiger partial charge in [0.05, 0.1) is 5.41 Å². The smallest absolute Gasteiger partial charge is 0.310 e. The number of nitrogens with zero attached hydrogens (tertiary/aromatic N) is 2. The Hall–Kier alpha value is -0.610. The summed E-state index contributed by atoms with van der Waals surface area (Å²) in [5.74, 6) is -0.588. The highest BCUT2D eigenvalue weighted by Gasteiger charge is 2.40. The van der Waals surface area contributed by atoms with Crippen LogP contribution in [0.1, 0.15) is 52.4 Å². The second-order valence-corrected chi connectivity index (χ2v) is 6.67. The Morgan fingerprint density at radius 2 is 1.75 bits per heavy atom. The molecule has 0 heterocycles. The van der Waals surface area contributed by atoms with Gasteiger partial charge in [-0.3, -0.25) is 9.69 Å². The molecule has 0 amide bonds. The zero-order chi connectivity index (χ0) is 15.2. The van der Waals surface area contributed by atoms with E-state index in [9.17, 15) is 9.90 Å². The predicted octanol–water partition coefficient (Wildman–Crippen LogP) is 2.68. The van der Waals surface area contributed by atoms with Crippen molar-refractivity contribution in [2.24, 2.45) is 5.41 Å². The molecule has 1 saturated carbocycles. The lowest BCUT2D eigenvalue weighted by Gasteiger charge is -2.38. The molecular formula is C16H32N2O2. The highest BCUT2D eigenvalue weighted by atomic mass is 16.4. The molecule has 0 aromatic rings. The molecule has 1 aliphatic carbocycles. The van der Waals surface area contributed by atoms with Crippen LogP contribution in [0.3, 0.4) is 0 Å². The van der Waals surface area contributed by atoms with Crippen LogP contribution in [0.15, 0.2) is 0 Å². The van der Waals surface area contributed by atoms with E-state index in [1.54, 1.807) is 0 Å². The lowest BCUT2D eigenvalue weighted by atomic mass is 9.79. The molecule has 0 spiro atoms. The molecule has 0 radical (unpaired) electrons. The van der Waals surface area contributed by atoms with Crippen molar-refractivity contribution in [1.29, 1.82) is 0 Å². The first-order valence-electron chi connectivity index (χ1n) is 8.03. The molecule has 0 saturated heterocycles. The average molecular weight is 284 g/mol. The second-order valence-electron chi connectivity index (χ2n) is 6.67. The summed E-state index contributed by atoms with van der Waals surface area (Å²) in [6.07, 6.45) is 6.18. The van der Waals surface area contributed by atoms with Gasteiger partial charge in [-0.2, -0.15) is 0 Å². The van der Waals surface area contributed by atoms with Crippen molar-refractivity contribution in [2.75, 3.05) is 33.7 Å². The van der Waals surface area contributed by atoms with Crippen LogP contribution in [0.4, 0.5) is 0 Å². The summed E-state index contributed by atoms with van der Waals surface area (Å²) in [5.41, 5.74) is -0.521. The van der Waals surface area contributed by atoms with Gasteiger partial charge in [-0.1, -0.05) is 32.6 Å². The third kappa shape index (κ3) is 4.74. The van der Waals surface area contributed by atoms with Crippen LogP contribution in [0.2, 0.25) is 0 Å². The van der Waals surface area contributed by atoms with E-state index in [0.29, 0.717) is 12.6 Å². The van der Waals surface area contributed by atoms with E-state index in [-0.39, 0.29) is 0 Å². The zero-order valence-electron chi connectivity index (χ0n) is 13.7. The fourth-order valence-electron chi connectivity index (χ4n) is 3.46. The standard InChI is InChI=1S/C16H32N2O2/c1-5-18(14(2)12-17(3)4)13-16(15(19)20)10-8-6-7-9-11-16/h14H,5-13H2,1-4H3,(H,19,20). The van der Waals surface area contributed by atoms with E-state index in [0.717, 1.165) is 38.8 Å². The van der Waals surface area contributed by atoms with Gasteiger partial charge >= 0.3 is 5.97 Å². The molecule has 0 aliphatic heterocycles. The highest BCUT2D eigenvalue weighted by Crippen LogP contribution is 2.36. The van der Waals surface area contributed by atoms with Crippen LogP contribution in [0, 0.1) is 5.41 Å². The average Bonchev–Trinajstić information content (AvgIpc) is 2.61. The number of aliphatic carboxylic acids is 1. The van der Waals surface area contributed by atoms with Gasteiger partial charge in [-0.25, -0.2) is 0 Å². The fraction of sp³-hybridized carbons (Fsp3) is 0.938. The lowest BCUT2D eigenvalue weighted by Crippen LogP contribution is -2.48. The van der Waals surface area contributed by atoms with Gasteiger partial charge in [0.1, 0.15) is 0 Å². The molecule has 1 aliphatic rings. The maximum atomic E-state index is 11.9. The molecular weight excluding hydrogens is 252 g/mol. The Bertz CT molecular complexity index is 297. The van der Waals surface area contributed by atoms with Crippen molar-refractivity contribution >= 4 is 5.97 Å². The Labute approximate surface area is 124 Å². The van der Waals surface area contributed by atoms with E-state index < -0.39 is 11.4 Å². The third-order valence-electron chi connectivity index (χ3n) is 4.68. The van der Waals surface area contributed by atoms with Crippen molar-refractivity contribution in [1.82, 2.24) is 9.80 Å². The minimum absolute atomic E-state index is 0.398. The number of hydrogen-bond acceptors (Lipinski definition) is 3. The Kier molecular flexibility index (Phi) is 6.96. The number of carboxylic acid groups (broad SMARTS) is 1. The highest BCUT2D eigenvalue weighted by molar-refractivity contribution is 5.75. The first-order valence-corrected chi connectivity index (χ1v) is 8.03. The molecule has 1 atom stereocenters. The zero-order valence-corrected chi connectivity index (χ0v) is 13.7. The van der Waals surface area contributed by atoms with Crippen LogP contribution >= 0.6 is 0 Å². The van der Waals surface area contributed by atoms with Gasteiger partial charge < -0.3 is 10.0 Å². The van der Waals surface area contributed by atoms with Gasteiger partial charge in [0.25, 0.3) is 0 Å². The van der Waals surface area contributed by atoms with Crippen molar-refractivity contribution < 1.29 is 9.90 Å². The van der Waals surface area contributed by atoms with E-state index >= 15 is 0 Å². The number of carbonyl (C=O) groups is 1. The molecule has 20 heavy (non-hydrogen) atoms. The first-order chi connectivity index (χ1) is 9.41. The lowest BCUT2D eigenvalue weighted by molar-refractivity contribution is -0.151. The summed E-state index contributed by atoms with van der Waals surface area (Å²) in [7, 11) is 4.14. The molecule has 0 bridgehead atoms. The predicted molar refractivity (Wildman–Crippen MR) is 83.0 cm³/mol. The number of rotatable bonds is 7. The molecule has 1 unspecified atom stereocenters. The van der Waals surface area contributed by atoms with Gasteiger partial charge in [0.2, 0.25) is 0 Å². The minimum Gasteiger partial charge on any atom is -0.481 e. The van der Waals surface area contributed by atoms with Gasteiger partial charge in [-0.05, 0) is 40.4 Å². The minimum atomic E-state index is -0.588. The van der Waals surface area contributed by atoms with E-state index in [4.69, 9.17) is 0 Å². The van der Waals surface area contributed by atoms with Crippen LogP contribution < -0.4 is 0 Å². The van der Waals surface area contributed by atoms with Gasteiger partial charge in [0, 0.05) is 19.1 Å². The van der Waals surface area contributed by atoms with Crippen LogP contribution in [0.5, 0.6) is 0 Å². The molecule has 0 aromatic heterocycles. The monoisotopic (exact) mass is 284 g/mol. The first kappa shape index (κ1) is 17.4. The van der Waals surface area contributed by atoms with Crippen LogP contribution in [-0.2, 0) is 4.79 Å². The van der Waals surface area contributed by atoms with Crippen molar-refractivity contribution in [3.05, 3.63) is 0 Å². The van der Waals surface area contributed by atoms with E-state index in [1.807, 2.05) is 0 Å². The summed E-state index contributed by atoms with van der Waals surface area (Å²) in [6, 6.07) is 0.398. The number of likely N-dealkylation sites (N-methyl/N-ethyl adjacent to an activating group) is 2. The molecule has 0 aromatic carbocycles. The molecule has 4 nitrogen and oxygen atoms in total. The normalized spacial score (nSPS) is 20.9. The Morgan fingerprint density at radius 1 is 1.20 bits per heavy atom. The molecule has 1 N–H and O–H groups in total. The summed E-state index contributed by atoms with van der Waals surface area (Å²) < 4.78 is 0. The maximum Gasteiger partial charge on any atom is 0.310 e. The van der Waals surface area contributed by atoms with Crippen molar-refractivity contribution in [3.8, 4) is 0 Å².